The molecule has 0 aromatic heterocycles. The van der Waals surface area contributed by atoms with Crippen LogP contribution < -0.4 is 0 Å². The van der Waals surface area contributed by atoms with Gasteiger partial charge in [-0.05, 0) is 6.08 Å². The maximum Gasteiger partial charge on any atom is 0.429 e. The average molecular weight is 179 g/mol. The van der Waals surface area contributed by atoms with Crippen LogP contribution in [0.15, 0.2) is 16.8 Å². The zero-order valence-electron chi connectivity index (χ0n) is 5.72. The smallest absolute Gasteiger partial charge is 0.429 e. The van der Waals surface area contributed by atoms with Gasteiger partial charge >= 0.3 is 12.1 Å². The summed E-state index contributed by atoms with van der Waals surface area (Å²) in [5.74, 6) is -1.44. The number of hydrogen-bond donors (Lipinski definition) is 1. The maximum absolute atomic E-state index is 11.8. The standard InChI is InChI=1S/C6H4F3NO2/c7-6(8,9)4-2-1-3(10-4)5(11)12/h1H,2H2,(H,11,12). The van der Waals surface area contributed by atoms with Crippen LogP contribution >= 0.6 is 0 Å². The number of carboxylic acid groups (broad SMARTS) is 1. The first-order valence-corrected chi connectivity index (χ1v) is 2.99. The van der Waals surface area contributed by atoms with E-state index in [4.69, 9.17) is 5.11 Å². The molecule has 0 aliphatic carbocycles. The molecule has 0 radical (unpaired) electrons. The Morgan fingerprint density at radius 3 is 2.42 bits per heavy atom. The van der Waals surface area contributed by atoms with Crippen molar-refractivity contribution in [3.05, 3.63) is 11.8 Å². The molecule has 0 atom stereocenters. The molecule has 1 aliphatic heterocycles. The monoisotopic (exact) mass is 179 g/mol. The van der Waals surface area contributed by atoms with E-state index in [0.717, 1.165) is 6.08 Å². The number of alkyl halides is 3. The summed E-state index contributed by atoms with van der Waals surface area (Å²) in [6, 6.07) is 0. The van der Waals surface area contributed by atoms with Crippen molar-refractivity contribution in [3.63, 3.8) is 0 Å². The fraction of sp³-hybridized carbons (Fsp3) is 0.333. The number of carbonyl (C=O) groups is 1. The van der Waals surface area contributed by atoms with Crippen LogP contribution in [-0.4, -0.2) is 23.0 Å². The Bertz CT molecular complexity index is 277. The molecule has 3 nitrogen and oxygen atoms in total. The summed E-state index contributed by atoms with van der Waals surface area (Å²) < 4.78 is 35.5. The molecule has 6 heteroatoms. The topological polar surface area (TPSA) is 49.7 Å². The molecule has 0 spiro atoms. The number of rotatable bonds is 1. The predicted octanol–water partition coefficient (Wildman–Crippen LogP) is 1.36. The Kier molecular flexibility index (Phi) is 1.91. The van der Waals surface area contributed by atoms with Crippen LogP contribution in [0.2, 0.25) is 0 Å². The minimum atomic E-state index is -4.52. The number of aliphatic imine (C=N–C) groups is 1. The van der Waals surface area contributed by atoms with Gasteiger partial charge in [0.05, 0.1) is 0 Å². The third-order valence-corrected chi connectivity index (χ3v) is 1.29. The Hall–Kier alpha value is -1.33. The van der Waals surface area contributed by atoms with Crippen LogP contribution in [0.5, 0.6) is 0 Å². The summed E-state index contributed by atoms with van der Waals surface area (Å²) >= 11 is 0. The lowest BCUT2D eigenvalue weighted by Crippen LogP contribution is -2.20. The van der Waals surface area contributed by atoms with Crippen LogP contribution in [-0.2, 0) is 4.79 Å². The molecule has 1 heterocycles. The summed E-state index contributed by atoms with van der Waals surface area (Å²) in [7, 11) is 0. The Labute approximate surface area is 65.2 Å². The minimum Gasteiger partial charge on any atom is -0.477 e. The lowest BCUT2D eigenvalue weighted by atomic mass is 10.3. The Morgan fingerprint density at radius 2 is 2.17 bits per heavy atom. The highest BCUT2D eigenvalue weighted by atomic mass is 19.4. The van der Waals surface area contributed by atoms with Gasteiger partial charge in [0.15, 0.2) is 0 Å². The SMILES string of the molecule is O=C(O)C1=CCC(C(F)(F)F)=N1. The number of allylic oxidation sites excluding steroid dienone is 1. The van der Waals surface area contributed by atoms with Crippen molar-refractivity contribution >= 4 is 11.7 Å². The molecule has 1 rings (SSSR count). The van der Waals surface area contributed by atoms with Gasteiger partial charge in [0, 0.05) is 6.42 Å². The molecular weight excluding hydrogens is 175 g/mol. The van der Waals surface area contributed by atoms with E-state index in [0.29, 0.717) is 0 Å². The van der Waals surface area contributed by atoms with Crippen molar-refractivity contribution in [3.8, 4) is 0 Å². The second-order valence-electron chi connectivity index (χ2n) is 2.15. The largest absolute Gasteiger partial charge is 0.477 e. The van der Waals surface area contributed by atoms with Gasteiger partial charge < -0.3 is 5.11 Å². The maximum atomic E-state index is 11.8. The van der Waals surface area contributed by atoms with Crippen LogP contribution in [0.1, 0.15) is 6.42 Å². The zero-order chi connectivity index (χ0) is 9.35. The molecule has 0 saturated heterocycles. The van der Waals surface area contributed by atoms with Crippen LogP contribution in [0, 0.1) is 0 Å². The molecule has 12 heavy (non-hydrogen) atoms. The molecule has 1 N–H and O–H groups in total. The number of halogens is 3. The number of nitrogens with zero attached hydrogens (tertiary/aromatic N) is 1. The molecule has 0 fully saturated rings. The van der Waals surface area contributed by atoms with E-state index >= 15 is 0 Å². The quantitative estimate of drug-likeness (QED) is 0.660. The van der Waals surface area contributed by atoms with Crippen molar-refractivity contribution in [2.75, 3.05) is 0 Å². The fourth-order valence-corrected chi connectivity index (χ4v) is 0.744. The zero-order valence-corrected chi connectivity index (χ0v) is 5.72. The highest BCUT2D eigenvalue weighted by Gasteiger charge is 2.37. The van der Waals surface area contributed by atoms with E-state index in [2.05, 4.69) is 4.99 Å². The lowest BCUT2D eigenvalue weighted by molar-refractivity contribution is -0.132. The van der Waals surface area contributed by atoms with Gasteiger partial charge in [0.25, 0.3) is 0 Å². The van der Waals surface area contributed by atoms with E-state index in [-0.39, 0.29) is 0 Å². The van der Waals surface area contributed by atoms with E-state index in [1.165, 1.54) is 0 Å². The molecule has 66 valence electrons. The number of hydrogen-bond acceptors (Lipinski definition) is 2. The van der Waals surface area contributed by atoms with Gasteiger partial charge in [0.1, 0.15) is 11.4 Å². The summed E-state index contributed by atoms with van der Waals surface area (Å²) in [4.78, 5) is 13.0. The first kappa shape index (κ1) is 8.76. The molecule has 0 aromatic rings. The molecule has 0 saturated carbocycles. The fourth-order valence-electron chi connectivity index (χ4n) is 0.744. The Morgan fingerprint density at radius 1 is 1.58 bits per heavy atom. The molecule has 0 amide bonds. The first-order chi connectivity index (χ1) is 5.41. The number of carboxylic acids is 1. The van der Waals surface area contributed by atoms with Crippen molar-refractivity contribution in [2.45, 2.75) is 12.6 Å². The summed E-state index contributed by atoms with van der Waals surface area (Å²) in [6.45, 7) is 0. The normalized spacial score (nSPS) is 17.2. The van der Waals surface area contributed by atoms with Gasteiger partial charge in [-0.25, -0.2) is 9.79 Å². The van der Waals surface area contributed by atoms with E-state index < -0.39 is 30.0 Å². The molecule has 0 aromatic carbocycles. The molecule has 0 bridgehead atoms. The lowest BCUT2D eigenvalue weighted by Gasteiger charge is -2.03. The van der Waals surface area contributed by atoms with Gasteiger partial charge in [-0.3, -0.25) is 0 Å². The summed E-state index contributed by atoms with van der Waals surface area (Å²) in [5, 5.41) is 8.25. The van der Waals surface area contributed by atoms with E-state index in [9.17, 15) is 18.0 Å². The summed E-state index contributed by atoms with van der Waals surface area (Å²) in [6.07, 6.45) is -4.04. The average Bonchev–Trinajstić information content (AvgIpc) is 2.30. The van der Waals surface area contributed by atoms with Gasteiger partial charge in [-0.2, -0.15) is 13.2 Å². The van der Waals surface area contributed by atoms with Crippen LogP contribution in [0.4, 0.5) is 13.2 Å². The Balaban J connectivity index is 2.81. The molecular formula is C6H4F3NO2. The van der Waals surface area contributed by atoms with Gasteiger partial charge in [-0.15, -0.1) is 0 Å². The van der Waals surface area contributed by atoms with Crippen molar-refractivity contribution in [2.24, 2.45) is 4.99 Å². The predicted molar refractivity (Wildman–Crippen MR) is 33.8 cm³/mol. The van der Waals surface area contributed by atoms with Crippen molar-refractivity contribution in [1.29, 1.82) is 0 Å². The second kappa shape index (κ2) is 2.62. The third kappa shape index (κ3) is 1.63. The van der Waals surface area contributed by atoms with Gasteiger partial charge in [-0.1, -0.05) is 0 Å². The van der Waals surface area contributed by atoms with E-state index in [1.54, 1.807) is 0 Å². The van der Waals surface area contributed by atoms with Crippen LogP contribution in [0.3, 0.4) is 0 Å². The van der Waals surface area contributed by atoms with E-state index in [1.807, 2.05) is 0 Å². The van der Waals surface area contributed by atoms with Crippen molar-refractivity contribution < 1.29 is 23.1 Å². The highest BCUT2D eigenvalue weighted by Crippen LogP contribution is 2.25. The van der Waals surface area contributed by atoms with Gasteiger partial charge in [0.2, 0.25) is 0 Å². The minimum absolute atomic E-state index is 0.453. The number of aliphatic carboxylic acids is 1. The first-order valence-electron chi connectivity index (χ1n) is 2.99. The summed E-state index contributed by atoms with van der Waals surface area (Å²) in [5.41, 5.74) is -1.60. The second-order valence-corrected chi connectivity index (χ2v) is 2.15. The molecule has 0 unspecified atom stereocenters. The molecule has 1 aliphatic rings. The van der Waals surface area contributed by atoms with Crippen molar-refractivity contribution in [1.82, 2.24) is 0 Å². The van der Waals surface area contributed by atoms with Crippen LogP contribution in [0.25, 0.3) is 0 Å². The highest BCUT2D eigenvalue weighted by molar-refractivity contribution is 6.00. The third-order valence-electron chi connectivity index (χ3n) is 1.29.